The summed E-state index contributed by atoms with van der Waals surface area (Å²) in [5.41, 5.74) is 2.56. The molecule has 0 aromatic heterocycles. The molecule has 0 amide bonds. The lowest BCUT2D eigenvalue weighted by molar-refractivity contribution is 0.165. The van der Waals surface area contributed by atoms with E-state index < -0.39 is 0 Å². The Hall–Kier alpha value is -1.06. The topological polar surface area (TPSA) is 35.5 Å². The van der Waals surface area contributed by atoms with E-state index in [4.69, 9.17) is 0 Å². The number of nitrogens with one attached hydrogen (secondary N) is 1. The van der Waals surface area contributed by atoms with Gasteiger partial charge in [0.15, 0.2) is 0 Å². The van der Waals surface area contributed by atoms with Gasteiger partial charge < -0.3 is 15.3 Å². The van der Waals surface area contributed by atoms with E-state index >= 15 is 0 Å². The lowest BCUT2D eigenvalue weighted by Crippen LogP contribution is -2.45. The molecule has 3 nitrogen and oxygen atoms in total. The Labute approximate surface area is 103 Å². The Balaban J connectivity index is 2.35. The lowest BCUT2D eigenvalue weighted by Gasteiger charge is -2.34. The average molecular weight is 234 g/mol. The zero-order valence-electron chi connectivity index (χ0n) is 10.9. The predicted octanol–water partition coefficient (Wildman–Crippen LogP) is 1.75. The van der Waals surface area contributed by atoms with Crippen molar-refractivity contribution in [3.8, 4) is 0 Å². The SMILES string of the molecule is CC1CN(C(C)C(C)O)c2ccccc2CN1. The lowest BCUT2D eigenvalue weighted by atomic mass is 10.1. The molecule has 0 saturated carbocycles. The van der Waals surface area contributed by atoms with E-state index in [2.05, 4.69) is 48.3 Å². The second-order valence-electron chi connectivity index (χ2n) is 5.04. The van der Waals surface area contributed by atoms with Gasteiger partial charge in [-0.15, -0.1) is 0 Å². The van der Waals surface area contributed by atoms with Crippen molar-refractivity contribution < 1.29 is 5.11 Å². The van der Waals surface area contributed by atoms with Gasteiger partial charge in [0.2, 0.25) is 0 Å². The number of aliphatic hydroxyl groups excluding tert-OH is 1. The smallest absolute Gasteiger partial charge is 0.0712 e. The summed E-state index contributed by atoms with van der Waals surface area (Å²) >= 11 is 0. The summed E-state index contributed by atoms with van der Waals surface area (Å²) in [5, 5.41) is 13.3. The molecule has 2 rings (SSSR count). The van der Waals surface area contributed by atoms with Crippen LogP contribution in [0.4, 0.5) is 5.69 Å². The molecule has 0 saturated heterocycles. The molecule has 0 radical (unpaired) electrons. The predicted molar refractivity (Wildman–Crippen MR) is 71.2 cm³/mol. The van der Waals surface area contributed by atoms with Crippen LogP contribution in [-0.2, 0) is 6.54 Å². The molecule has 0 fully saturated rings. The zero-order chi connectivity index (χ0) is 12.4. The van der Waals surface area contributed by atoms with E-state index in [0.717, 1.165) is 13.1 Å². The van der Waals surface area contributed by atoms with Crippen LogP contribution in [0.15, 0.2) is 24.3 Å². The molecule has 1 aromatic rings. The van der Waals surface area contributed by atoms with Crippen LogP contribution in [0, 0.1) is 0 Å². The van der Waals surface area contributed by atoms with Crippen molar-refractivity contribution in [2.75, 3.05) is 11.4 Å². The Kier molecular flexibility index (Phi) is 3.69. The van der Waals surface area contributed by atoms with E-state index in [1.165, 1.54) is 11.3 Å². The first-order valence-electron chi connectivity index (χ1n) is 6.35. The second kappa shape index (κ2) is 5.07. The minimum absolute atomic E-state index is 0.137. The molecular weight excluding hydrogens is 212 g/mol. The standard InChI is InChI=1S/C14H22N2O/c1-10-9-16(11(2)12(3)17)14-7-5-4-6-13(14)8-15-10/h4-7,10-12,15,17H,8-9H2,1-3H3. The summed E-state index contributed by atoms with van der Waals surface area (Å²) in [6, 6.07) is 9.01. The van der Waals surface area contributed by atoms with Gasteiger partial charge in [-0.3, -0.25) is 0 Å². The van der Waals surface area contributed by atoms with Crippen LogP contribution in [0.1, 0.15) is 26.3 Å². The molecule has 1 heterocycles. The molecule has 1 aliphatic heterocycles. The molecule has 94 valence electrons. The third-order valence-electron chi connectivity index (χ3n) is 3.60. The fourth-order valence-electron chi connectivity index (χ4n) is 2.33. The number of rotatable bonds is 2. The van der Waals surface area contributed by atoms with E-state index in [1.807, 2.05) is 6.92 Å². The van der Waals surface area contributed by atoms with Crippen molar-refractivity contribution >= 4 is 5.69 Å². The third kappa shape index (κ3) is 2.61. The van der Waals surface area contributed by atoms with Gasteiger partial charge in [0.1, 0.15) is 0 Å². The van der Waals surface area contributed by atoms with Gasteiger partial charge in [-0.1, -0.05) is 18.2 Å². The van der Waals surface area contributed by atoms with Crippen molar-refractivity contribution in [3.63, 3.8) is 0 Å². The largest absolute Gasteiger partial charge is 0.391 e. The van der Waals surface area contributed by atoms with Crippen LogP contribution < -0.4 is 10.2 Å². The first kappa shape index (κ1) is 12.4. The number of hydrogen-bond acceptors (Lipinski definition) is 3. The van der Waals surface area contributed by atoms with Crippen LogP contribution in [-0.4, -0.2) is 29.8 Å². The second-order valence-corrected chi connectivity index (χ2v) is 5.04. The van der Waals surface area contributed by atoms with E-state index in [-0.39, 0.29) is 12.1 Å². The molecule has 3 atom stereocenters. The number of hydrogen-bond donors (Lipinski definition) is 2. The molecule has 3 unspecified atom stereocenters. The number of benzene rings is 1. The van der Waals surface area contributed by atoms with Crippen LogP contribution in [0.3, 0.4) is 0 Å². The van der Waals surface area contributed by atoms with Crippen LogP contribution in [0.2, 0.25) is 0 Å². The number of nitrogens with zero attached hydrogens (tertiary/aromatic N) is 1. The maximum absolute atomic E-state index is 9.81. The van der Waals surface area contributed by atoms with Gasteiger partial charge in [0, 0.05) is 24.8 Å². The molecule has 1 aromatic carbocycles. The maximum atomic E-state index is 9.81. The summed E-state index contributed by atoms with van der Waals surface area (Å²) in [6.45, 7) is 7.97. The molecule has 1 aliphatic rings. The normalized spacial score (nSPS) is 23.8. The van der Waals surface area contributed by atoms with Crippen molar-refractivity contribution in [2.24, 2.45) is 0 Å². The fraction of sp³-hybridized carbons (Fsp3) is 0.571. The molecular formula is C14H22N2O. The quantitative estimate of drug-likeness (QED) is 0.818. The zero-order valence-corrected chi connectivity index (χ0v) is 10.9. The first-order valence-corrected chi connectivity index (χ1v) is 6.35. The highest BCUT2D eigenvalue weighted by Gasteiger charge is 2.24. The van der Waals surface area contributed by atoms with Crippen LogP contribution in [0.5, 0.6) is 0 Å². The van der Waals surface area contributed by atoms with Crippen molar-refractivity contribution in [3.05, 3.63) is 29.8 Å². The van der Waals surface area contributed by atoms with Gasteiger partial charge in [-0.25, -0.2) is 0 Å². The van der Waals surface area contributed by atoms with Gasteiger partial charge in [0.05, 0.1) is 12.1 Å². The molecule has 2 N–H and O–H groups in total. The average Bonchev–Trinajstić information content (AvgIpc) is 2.48. The third-order valence-corrected chi connectivity index (χ3v) is 3.60. The van der Waals surface area contributed by atoms with Gasteiger partial charge in [-0.2, -0.15) is 0 Å². The minimum Gasteiger partial charge on any atom is -0.391 e. The first-order chi connectivity index (χ1) is 8.09. The number of fused-ring (bicyclic) bond motifs is 1. The number of anilines is 1. The summed E-state index contributed by atoms with van der Waals surface area (Å²) in [4.78, 5) is 2.31. The molecule has 3 heteroatoms. The monoisotopic (exact) mass is 234 g/mol. The number of aliphatic hydroxyl groups is 1. The van der Waals surface area contributed by atoms with Crippen LogP contribution >= 0.6 is 0 Å². The molecule has 0 spiro atoms. The Morgan fingerprint density at radius 2 is 2.06 bits per heavy atom. The highest BCUT2D eigenvalue weighted by molar-refractivity contribution is 5.55. The van der Waals surface area contributed by atoms with E-state index in [1.54, 1.807) is 0 Å². The van der Waals surface area contributed by atoms with Crippen LogP contribution in [0.25, 0.3) is 0 Å². The van der Waals surface area contributed by atoms with Gasteiger partial charge >= 0.3 is 0 Å². The van der Waals surface area contributed by atoms with E-state index in [9.17, 15) is 5.11 Å². The Morgan fingerprint density at radius 3 is 2.76 bits per heavy atom. The summed E-state index contributed by atoms with van der Waals surface area (Å²) in [6.07, 6.45) is -0.326. The highest BCUT2D eigenvalue weighted by Crippen LogP contribution is 2.26. The Bertz CT molecular complexity index is 378. The highest BCUT2D eigenvalue weighted by atomic mass is 16.3. The van der Waals surface area contributed by atoms with Crippen molar-refractivity contribution in [1.82, 2.24) is 5.32 Å². The van der Waals surface area contributed by atoms with E-state index in [0.29, 0.717) is 6.04 Å². The Morgan fingerprint density at radius 1 is 1.35 bits per heavy atom. The van der Waals surface area contributed by atoms with Gasteiger partial charge in [-0.05, 0) is 32.4 Å². The summed E-state index contributed by atoms with van der Waals surface area (Å²) in [7, 11) is 0. The molecule has 17 heavy (non-hydrogen) atoms. The summed E-state index contributed by atoms with van der Waals surface area (Å²) in [5.74, 6) is 0. The van der Waals surface area contributed by atoms with Gasteiger partial charge in [0.25, 0.3) is 0 Å². The number of para-hydroxylation sites is 1. The molecule has 0 aliphatic carbocycles. The minimum atomic E-state index is -0.326. The van der Waals surface area contributed by atoms with Crippen molar-refractivity contribution in [2.45, 2.75) is 45.5 Å². The van der Waals surface area contributed by atoms with Crippen molar-refractivity contribution in [1.29, 1.82) is 0 Å². The molecule has 0 bridgehead atoms. The summed E-state index contributed by atoms with van der Waals surface area (Å²) < 4.78 is 0. The maximum Gasteiger partial charge on any atom is 0.0712 e. The fourth-order valence-corrected chi connectivity index (χ4v) is 2.33.